The SMILES string of the molecule is CCCCC(CC)COCCCNC(=O)Nc1cc(Cl)nc(Cl)c1. The van der Waals surface area contributed by atoms with Crippen molar-refractivity contribution in [2.75, 3.05) is 25.1 Å². The molecule has 5 nitrogen and oxygen atoms in total. The number of unbranched alkanes of at least 4 members (excludes halogenated alkanes) is 1. The van der Waals surface area contributed by atoms with E-state index in [4.69, 9.17) is 27.9 Å². The summed E-state index contributed by atoms with van der Waals surface area (Å²) in [5.41, 5.74) is 0.510. The molecule has 1 aromatic rings. The van der Waals surface area contributed by atoms with Crippen LogP contribution < -0.4 is 10.6 Å². The summed E-state index contributed by atoms with van der Waals surface area (Å²) in [6.45, 7) is 6.40. The number of ether oxygens (including phenoxy) is 1. The lowest BCUT2D eigenvalue weighted by molar-refractivity contribution is 0.0925. The maximum absolute atomic E-state index is 11.8. The minimum atomic E-state index is -0.303. The Morgan fingerprint density at radius 3 is 2.58 bits per heavy atom. The summed E-state index contributed by atoms with van der Waals surface area (Å²) in [6, 6.07) is 2.77. The van der Waals surface area contributed by atoms with Crippen molar-refractivity contribution in [2.45, 2.75) is 46.0 Å². The summed E-state index contributed by atoms with van der Waals surface area (Å²) in [5.74, 6) is 0.641. The van der Waals surface area contributed by atoms with Crippen LogP contribution in [0.4, 0.5) is 10.5 Å². The number of halogens is 2. The number of nitrogens with one attached hydrogen (secondary N) is 2. The first-order valence-corrected chi connectivity index (χ1v) is 9.26. The molecule has 0 bridgehead atoms. The highest BCUT2D eigenvalue weighted by molar-refractivity contribution is 6.32. The molecule has 1 unspecified atom stereocenters. The zero-order valence-electron chi connectivity index (χ0n) is 14.4. The maximum Gasteiger partial charge on any atom is 0.319 e. The predicted molar refractivity (Wildman–Crippen MR) is 100 cm³/mol. The molecular formula is C17H27Cl2N3O2. The first-order valence-electron chi connectivity index (χ1n) is 8.50. The zero-order chi connectivity index (χ0) is 17.8. The molecule has 0 aliphatic rings. The lowest BCUT2D eigenvalue weighted by Gasteiger charge is -2.14. The quantitative estimate of drug-likeness (QED) is 0.416. The van der Waals surface area contributed by atoms with E-state index < -0.39 is 0 Å². The van der Waals surface area contributed by atoms with Gasteiger partial charge in [-0.3, -0.25) is 0 Å². The Morgan fingerprint density at radius 2 is 1.96 bits per heavy atom. The first kappa shape index (κ1) is 21.0. The van der Waals surface area contributed by atoms with Crippen LogP contribution in [0.25, 0.3) is 0 Å². The van der Waals surface area contributed by atoms with Gasteiger partial charge in [-0.15, -0.1) is 0 Å². The Morgan fingerprint density at radius 1 is 1.25 bits per heavy atom. The van der Waals surface area contributed by atoms with E-state index in [1.165, 1.54) is 31.4 Å². The topological polar surface area (TPSA) is 63.2 Å². The summed E-state index contributed by atoms with van der Waals surface area (Å²) >= 11 is 11.6. The van der Waals surface area contributed by atoms with Crippen molar-refractivity contribution in [3.05, 3.63) is 22.4 Å². The molecule has 1 rings (SSSR count). The fourth-order valence-corrected chi connectivity index (χ4v) is 2.70. The number of hydrogen-bond donors (Lipinski definition) is 2. The van der Waals surface area contributed by atoms with Gasteiger partial charge in [0.15, 0.2) is 0 Å². The second-order valence-corrected chi connectivity index (χ2v) is 6.50. The largest absolute Gasteiger partial charge is 0.381 e. The monoisotopic (exact) mass is 375 g/mol. The van der Waals surface area contributed by atoms with E-state index in [9.17, 15) is 4.79 Å². The molecule has 0 saturated heterocycles. The summed E-state index contributed by atoms with van der Waals surface area (Å²) < 4.78 is 5.70. The fraction of sp³-hybridized carbons (Fsp3) is 0.647. The Kier molecular flexibility index (Phi) is 10.8. The second kappa shape index (κ2) is 12.3. The number of urea groups is 1. The van der Waals surface area contributed by atoms with Crippen LogP contribution >= 0.6 is 23.2 Å². The Labute approximate surface area is 154 Å². The first-order chi connectivity index (χ1) is 11.5. The van der Waals surface area contributed by atoms with Gasteiger partial charge in [-0.05, 0) is 30.9 Å². The molecule has 0 saturated carbocycles. The summed E-state index contributed by atoms with van der Waals surface area (Å²) in [4.78, 5) is 15.6. The molecule has 0 spiro atoms. The lowest BCUT2D eigenvalue weighted by Crippen LogP contribution is -2.30. The predicted octanol–water partition coefficient (Wildman–Crippen LogP) is 5.13. The number of carbonyl (C=O) groups is 1. The van der Waals surface area contributed by atoms with Crippen molar-refractivity contribution in [2.24, 2.45) is 5.92 Å². The molecule has 24 heavy (non-hydrogen) atoms. The third-order valence-electron chi connectivity index (χ3n) is 3.67. The van der Waals surface area contributed by atoms with E-state index >= 15 is 0 Å². The van der Waals surface area contributed by atoms with Gasteiger partial charge in [0.05, 0.1) is 0 Å². The fourth-order valence-electron chi connectivity index (χ4n) is 2.24. The molecule has 0 fully saturated rings. The van der Waals surface area contributed by atoms with Gasteiger partial charge in [0.1, 0.15) is 10.3 Å². The van der Waals surface area contributed by atoms with Crippen molar-refractivity contribution < 1.29 is 9.53 Å². The minimum absolute atomic E-state index is 0.236. The highest BCUT2D eigenvalue weighted by atomic mass is 35.5. The van der Waals surface area contributed by atoms with Crippen LogP contribution in [-0.2, 0) is 4.74 Å². The van der Waals surface area contributed by atoms with Gasteiger partial charge < -0.3 is 15.4 Å². The van der Waals surface area contributed by atoms with Crippen LogP contribution in [0.1, 0.15) is 46.0 Å². The van der Waals surface area contributed by atoms with Crippen LogP contribution in [0.5, 0.6) is 0 Å². The summed E-state index contributed by atoms with van der Waals surface area (Å²) in [5, 5.41) is 5.91. The molecule has 1 heterocycles. The molecule has 0 aromatic carbocycles. The molecule has 0 radical (unpaired) electrons. The molecule has 136 valence electrons. The van der Waals surface area contributed by atoms with Gasteiger partial charge in [-0.2, -0.15) is 0 Å². The van der Waals surface area contributed by atoms with Gasteiger partial charge in [0, 0.05) is 25.4 Å². The van der Waals surface area contributed by atoms with E-state index in [1.54, 1.807) is 0 Å². The summed E-state index contributed by atoms with van der Waals surface area (Å²) in [7, 11) is 0. The van der Waals surface area contributed by atoms with Gasteiger partial charge in [-0.25, -0.2) is 9.78 Å². The Balaban J connectivity index is 2.13. The van der Waals surface area contributed by atoms with E-state index in [-0.39, 0.29) is 16.3 Å². The Bertz CT molecular complexity index is 480. The third-order valence-corrected chi connectivity index (χ3v) is 4.06. The van der Waals surface area contributed by atoms with Crippen LogP contribution in [0.15, 0.2) is 12.1 Å². The van der Waals surface area contributed by atoms with Crippen molar-refractivity contribution in [1.29, 1.82) is 0 Å². The molecule has 2 N–H and O–H groups in total. The van der Waals surface area contributed by atoms with Crippen LogP contribution in [0.3, 0.4) is 0 Å². The maximum atomic E-state index is 11.8. The van der Waals surface area contributed by atoms with E-state index in [2.05, 4.69) is 29.5 Å². The van der Waals surface area contributed by atoms with Crippen LogP contribution in [0, 0.1) is 5.92 Å². The normalized spacial score (nSPS) is 12.0. The van der Waals surface area contributed by atoms with Crippen molar-refractivity contribution >= 4 is 34.9 Å². The van der Waals surface area contributed by atoms with Crippen LogP contribution in [0.2, 0.25) is 10.3 Å². The van der Waals surface area contributed by atoms with E-state index in [0.717, 1.165) is 19.4 Å². The van der Waals surface area contributed by atoms with Crippen molar-refractivity contribution in [3.63, 3.8) is 0 Å². The highest BCUT2D eigenvalue weighted by Crippen LogP contribution is 2.18. The van der Waals surface area contributed by atoms with Gasteiger partial charge >= 0.3 is 6.03 Å². The van der Waals surface area contributed by atoms with Gasteiger partial charge in [0.25, 0.3) is 0 Å². The van der Waals surface area contributed by atoms with E-state index in [1.807, 2.05) is 0 Å². The van der Waals surface area contributed by atoms with Crippen molar-refractivity contribution in [3.8, 4) is 0 Å². The number of rotatable bonds is 11. The number of pyridine rings is 1. The number of anilines is 1. The average molecular weight is 376 g/mol. The number of carbonyl (C=O) groups excluding carboxylic acids is 1. The number of hydrogen-bond acceptors (Lipinski definition) is 3. The second-order valence-electron chi connectivity index (χ2n) is 5.73. The average Bonchev–Trinajstić information content (AvgIpc) is 2.52. The Hall–Kier alpha value is -1.04. The van der Waals surface area contributed by atoms with E-state index in [0.29, 0.717) is 24.8 Å². The van der Waals surface area contributed by atoms with Crippen molar-refractivity contribution in [1.82, 2.24) is 10.3 Å². The standard InChI is InChI=1S/C17H27Cl2N3O2/c1-3-5-7-13(4-2)12-24-9-6-8-20-17(23)21-14-10-15(18)22-16(19)11-14/h10-11,13H,3-9,12H2,1-2H3,(H2,20,21,22,23). The molecule has 7 heteroatoms. The molecule has 0 aliphatic heterocycles. The number of amides is 2. The molecule has 0 aliphatic carbocycles. The number of nitrogens with zero attached hydrogens (tertiary/aromatic N) is 1. The number of aromatic nitrogens is 1. The van der Waals surface area contributed by atoms with Gasteiger partial charge in [-0.1, -0.05) is 56.3 Å². The molecule has 1 atom stereocenters. The van der Waals surface area contributed by atoms with Crippen LogP contribution in [-0.4, -0.2) is 30.8 Å². The summed E-state index contributed by atoms with van der Waals surface area (Å²) in [6.07, 6.45) is 5.63. The highest BCUT2D eigenvalue weighted by Gasteiger charge is 2.06. The minimum Gasteiger partial charge on any atom is -0.381 e. The molecule has 2 amide bonds. The molecular weight excluding hydrogens is 349 g/mol. The third kappa shape index (κ3) is 9.30. The smallest absolute Gasteiger partial charge is 0.319 e. The molecule has 1 aromatic heterocycles. The lowest BCUT2D eigenvalue weighted by atomic mass is 10.0. The van der Waals surface area contributed by atoms with Gasteiger partial charge in [0.2, 0.25) is 0 Å². The zero-order valence-corrected chi connectivity index (χ0v) is 15.9.